The lowest BCUT2D eigenvalue weighted by atomic mass is 9.41. The van der Waals surface area contributed by atoms with E-state index in [0.29, 0.717) is 40.2 Å². The minimum atomic E-state index is -0.651. The largest absolute Gasteiger partial charge is 0.457 e. The van der Waals surface area contributed by atoms with Crippen molar-refractivity contribution in [1.82, 2.24) is 0 Å². The van der Waals surface area contributed by atoms with Crippen LogP contribution in [0.5, 0.6) is 23.0 Å². The van der Waals surface area contributed by atoms with Crippen LogP contribution in [0.1, 0.15) is 170 Å². The third kappa shape index (κ3) is 7.29. The van der Waals surface area contributed by atoms with Crippen LogP contribution < -0.4 is 9.47 Å². The quantitative estimate of drug-likeness (QED) is 0.109. The number of rotatable bonds is 11. The van der Waals surface area contributed by atoms with Crippen molar-refractivity contribution in [2.24, 2.45) is 52.3 Å². The molecule has 4 aromatic rings. The SMILES string of the molecule is CC(C)CCCC(C)C1CCC2C3CCC4C(c5ccc(Oc6ccc7c(c6)C(=O)OC7=O)cc5)C(c5cccc(Oc6ccc7c(c6)C(=O)OC7=O)c5)CCC4(C)C3CCC12C. The summed E-state index contributed by atoms with van der Waals surface area (Å²) in [5.74, 6) is 5.45. The average Bonchev–Trinajstić information content (AvgIpc) is 3.87. The van der Waals surface area contributed by atoms with Crippen LogP contribution in [-0.2, 0) is 9.47 Å². The minimum Gasteiger partial charge on any atom is -0.457 e. The van der Waals surface area contributed by atoms with Gasteiger partial charge in [0.2, 0.25) is 0 Å². The molecule has 10 rings (SSSR count). The summed E-state index contributed by atoms with van der Waals surface area (Å²) >= 11 is 0. The Kier molecular flexibility index (Phi) is 10.7. The number of carbonyl (C=O) groups is 4. The van der Waals surface area contributed by atoms with Crippen LogP contribution in [0.2, 0.25) is 0 Å². The summed E-state index contributed by atoms with van der Waals surface area (Å²) in [4.78, 5) is 48.8. The lowest BCUT2D eigenvalue weighted by molar-refractivity contribution is -0.123. The van der Waals surface area contributed by atoms with E-state index in [1.807, 2.05) is 18.2 Å². The Morgan fingerprint density at radius 3 is 1.79 bits per heavy atom. The highest BCUT2D eigenvalue weighted by Crippen LogP contribution is 2.71. The van der Waals surface area contributed by atoms with Gasteiger partial charge >= 0.3 is 23.9 Å². The van der Waals surface area contributed by atoms with E-state index in [1.165, 1.54) is 75.3 Å². The van der Waals surface area contributed by atoms with Crippen LogP contribution in [0.25, 0.3) is 0 Å². The highest BCUT2D eigenvalue weighted by molar-refractivity contribution is 6.15. The van der Waals surface area contributed by atoms with Crippen LogP contribution in [0, 0.1) is 52.3 Å². The molecule has 4 aromatic carbocycles. The third-order valence-electron chi connectivity index (χ3n) is 17.3. The van der Waals surface area contributed by atoms with Crippen LogP contribution >= 0.6 is 0 Å². The Bertz CT molecular complexity index is 2470. The predicted molar refractivity (Wildman–Crippen MR) is 239 cm³/mol. The Balaban J connectivity index is 0.940. The molecular formula is C55H60O8. The molecule has 4 aliphatic carbocycles. The predicted octanol–water partition coefficient (Wildman–Crippen LogP) is 13.5. The zero-order valence-corrected chi connectivity index (χ0v) is 37.3. The normalized spacial score (nSPS) is 31.0. The summed E-state index contributed by atoms with van der Waals surface area (Å²) in [5, 5.41) is 0. The Hall–Kier alpha value is -5.24. The minimum absolute atomic E-state index is 0.211. The summed E-state index contributed by atoms with van der Waals surface area (Å²) < 4.78 is 22.3. The molecular weight excluding hydrogens is 789 g/mol. The van der Waals surface area contributed by atoms with Gasteiger partial charge < -0.3 is 18.9 Å². The van der Waals surface area contributed by atoms with Gasteiger partial charge in [-0.3, -0.25) is 0 Å². The van der Waals surface area contributed by atoms with Crippen LogP contribution in [0.15, 0.2) is 84.9 Å². The van der Waals surface area contributed by atoms with Gasteiger partial charge in [0.25, 0.3) is 0 Å². The van der Waals surface area contributed by atoms with Gasteiger partial charge in [-0.1, -0.05) is 78.1 Å². The lowest BCUT2D eigenvalue weighted by Crippen LogP contribution is -2.55. The lowest BCUT2D eigenvalue weighted by Gasteiger charge is -2.63. The Labute approximate surface area is 371 Å². The van der Waals surface area contributed by atoms with E-state index in [4.69, 9.17) is 18.9 Å². The first-order valence-electron chi connectivity index (χ1n) is 23.7. The second-order valence-corrected chi connectivity index (χ2v) is 20.9. The molecule has 10 unspecified atom stereocenters. The van der Waals surface area contributed by atoms with Crippen molar-refractivity contribution in [1.29, 1.82) is 0 Å². The number of hydrogen-bond acceptors (Lipinski definition) is 8. The summed E-state index contributed by atoms with van der Waals surface area (Å²) in [7, 11) is 0. The van der Waals surface area contributed by atoms with Crippen molar-refractivity contribution in [2.45, 2.75) is 117 Å². The van der Waals surface area contributed by atoms with Crippen molar-refractivity contribution < 1.29 is 38.1 Å². The summed E-state index contributed by atoms with van der Waals surface area (Å²) in [5.41, 5.74) is 4.16. The summed E-state index contributed by atoms with van der Waals surface area (Å²) in [6.45, 7) is 12.6. The molecule has 10 atom stereocenters. The Morgan fingerprint density at radius 1 is 0.556 bits per heavy atom. The summed E-state index contributed by atoms with van der Waals surface area (Å²) in [6, 6.07) is 26.7. The zero-order valence-electron chi connectivity index (χ0n) is 37.3. The van der Waals surface area contributed by atoms with Gasteiger partial charge in [0.15, 0.2) is 0 Å². The molecule has 8 nitrogen and oxygen atoms in total. The maximum absolute atomic E-state index is 12.3. The molecule has 8 heteroatoms. The molecule has 0 aromatic heterocycles. The van der Waals surface area contributed by atoms with Crippen LogP contribution in [0.4, 0.5) is 0 Å². The number of benzene rings is 4. The van der Waals surface area contributed by atoms with Gasteiger partial charge in [-0.2, -0.15) is 0 Å². The van der Waals surface area contributed by atoms with E-state index in [9.17, 15) is 19.2 Å². The fraction of sp³-hybridized carbons (Fsp3) is 0.491. The first kappa shape index (κ1) is 41.8. The second-order valence-electron chi connectivity index (χ2n) is 20.9. The van der Waals surface area contributed by atoms with Gasteiger partial charge in [-0.15, -0.1) is 0 Å². The van der Waals surface area contributed by atoms with E-state index < -0.39 is 23.9 Å². The molecule has 6 aliphatic rings. The number of carbonyl (C=O) groups excluding carboxylic acids is 4. The van der Waals surface area contributed by atoms with Gasteiger partial charge in [0.1, 0.15) is 23.0 Å². The first-order valence-corrected chi connectivity index (χ1v) is 23.7. The van der Waals surface area contributed by atoms with Crippen molar-refractivity contribution in [3.05, 3.63) is 118 Å². The van der Waals surface area contributed by atoms with Gasteiger partial charge in [-0.25, -0.2) is 19.2 Å². The van der Waals surface area contributed by atoms with Crippen molar-refractivity contribution in [3.63, 3.8) is 0 Å². The molecule has 0 bridgehead atoms. The number of cyclic esters (lactones) is 4. The molecule has 2 heterocycles. The van der Waals surface area contributed by atoms with Crippen LogP contribution in [0.3, 0.4) is 0 Å². The average molecular weight is 849 g/mol. The van der Waals surface area contributed by atoms with E-state index in [-0.39, 0.29) is 39.5 Å². The molecule has 0 radical (unpaired) electrons. The van der Waals surface area contributed by atoms with Crippen molar-refractivity contribution in [3.8, 4) is 23.0 Å². The van der Waals surface area contributed by atoms with E-state index >= 15 is 0 Å². The molecule has 0 amide bonds. The molecule has 4 saturated carbocycles. The molecule has 63 heavy (non-hydrogen) atoms. The number of hydrogen-bond donors (Lipinski definition) is 0. The van der Waals surface area contributed by atoms with Crippen LogP contribution in [-0.4, -0.2) is 23.9 Å². The first-order chi connectivity index (χ1) is 30.3. The summed E-state index contributed by atoms with van der Waals surface area (Å²) in [6.07, 6.45) is 14.3. The highest BCUT2D eigenvalue weighted by atomic mass is 16.6. The van der Waals surface area contributed by atoms with E-state index in [1.54, 1.807) is 36.4 Å². The number of esters is 4. The number of fused-ring (bicyclic) bond motifs is 7. The van der Waals surface area contributed by atoms with Crippen molar-refractivity contribution in [2.75, 3.05) is 0 Å². The van der Waals surface area contributed by atoms with E-state index in [2.05, 4.69) is 65.0 Å². The van der Waals surface area contributed by atoms with Crippen molar-refractivity contribution >= 4 is 23.9 Å². The Morgan fingerprint density at radius 2 is 1.13 bits per heavy atom. The highest BCUT2D eigenvalue weighted by Gasteiger charge is 2.62. The molecule has 0 saturated heterocycles. The zero-order chi connectivity index (χ0) is 43.8. The van der Waals surface area contributed by atoms with Gasteiger partial charge in [-0.05, 0) is 187 Å². The maximum atomic E-state index is 12.3. The third-order valence-corrected chi connectivity index (χ3v) is 17.3. The maximum Gasteiger partial charge on any atom is 0.347 e. The molecule has 328 valence electrons. The topological polar surface area (TPSA) is 105 Å². The fourth-order valence-electron chi connectivity index (χ4n) is 14.3. The molecule has 2 aliphatic heterocycles. The smallest absolute Gasteiger partial charge is 0.347 e. The van der Waals surface area contributed by atoms with E-state index in [0.717, 1.165) is 36.0 Å². The molecule has 0 spiro atoms. The van der Waals surface area contributed by atoms with Gasteiger partial charge in [0.05, 0.1) is 22.3 Å². The molecule has 4 fully saturated rings. The standard InChI is InChI=1S/C55H60O8/c1-31(2)8-6-9-32(3)45-22-23-46-42-20-21-48-49(33-12-14-35(15-13-33)60-37-16-18-40-43(29-37)52(58)62-50(40)56)39(24-26-55(48,5)47(42)25-27-54(45,46)4)34-10-7-11-36(28-34)61-38-17-19-41-44(30-38)53(59)63-51(41)57/h7,10-19,28-32,39,42,45-49H,6,8-9,20-27H2,1-5H3. The number of ether oxygens (including phenoxy) is 4. The fourth-order valence-corrected chi connectivity index (χ4v) is 14.3. The molecule has 0 N–H and O–H groups in total. The monoisotopic (exact) mass is 848 g/mol. The van der Waals surface area contributed by atoms with Gasteiger partial charge in [0, 0.05) is 0 Å². The second kappa shape index (κ2) is 16.1.